The second-order valence-corrected chi connectivity index (χ2v) is 14.3. The van der Waals surface area contributed by atoms with Crippen LogP contribution in [0.1, 0.15) is 5.56 Å². The summed E-state index contributed by atoms with van der Waals surface area (Å²) >= 11 is 0. The number of hydrogen-bond donors (Lipinski definition) is 0. The van der Waals surface area contributed by atoms with Gasteiger partial charge in [0.05, 0.1) is 5.69 Å². The molecule has 272 valence electrons. The van der Waals surface area contributed by atoms with Crippen molar-refractivity contribution in [3.63, 3.8) is 0 Å². The fourth-order valence-corrected chi connectivity index (χ4v) is 7.57. The van der Waals surface area contributed by atoms with Crippen molar-refractivity contribution in [2.75, 3.05) is 9.80 Å². The highest BCUT2D eigenvalue weighted by atomic mass is 15.1. The van der Waals surface area contributed by atoms with Gasteiger partial charge in [0.25, 0.3) is 0 Å². The van der Waals surface area contributed by atoms with Gasteiger partial charge in [-0.3, -0.25) is 0 Å². The number of benzene rings is 9. The first kappa shape index (κ1) is 35.3. The van der Waals surface area contributed by atoms with Crippen molar-refractivity contribution in [3.05, 3.63) is 242 Å². The van der Waals surface area contributed by atoms with E-state index in [9.17, 15) is 0 Å². The Morgan fingerprint density at radius 1 is 0.228 bits per heavy atom. The summed E-state index contributed by atoms with van der Waals surface area (Å²) in [6, 6.07) is 84.8. The van der Waals surface area contributed by atoms with Crippen LogP contribution in [0.2, 0.25) is 0 Å². The molecule has 9 aromatic rings. The standard InChI is InChI=1S/C55H42N2/c1-41-21-31-49(32-22-41)56(50-33-23-44(24-34-50)42-13-5-2-6-14-42)51-35-25-46(26-36-51)47-29-39-53(40-30-47)57(52-37-27-45(28-38-52)43-15-7-3-8-16-43)55-20-12-11-19-54(55)48-17-9-4-10-18-48/h2-40H,1H3. The Balaban J connectivity index is 1.05. The lowest BCUT2D eigenvalue weighted by atomic mass is 10.00. The summed E-state index contributed by atoms with van der Waals surface area (Å²) in [5, 5.41) is 0. The van der Waals surface area contributed by atoms with Gasteiger partial charge in [-0.25, -0.2) is 0 Å². The molecular formula is C55H42N2. The Hall–Kier alpha value is -7.42. The van der Waals surface area contributed by atoms with Crippen LogP contribution in [0.25, 0.3) is 44.5 Å². The van der Waals surface area contributed by atoms with E-state index in [1.165, 1.54) is 38.9 Å². The number of aryl methyl sites for hydroxylation is 1. The van der Waals surface area contributed by atoms with Crippen molar-refractivity contribution in [3.8, 4) is 44.5 Å². The Bertz CT molecular complexity index is 2670. The van der Waals surface area contributed by atoms with Gasteiger partial charge < -0.3 is 9.80 Å². The molecule has 0 heterocycles. The van der Waals surface area contributed by atoms with Crippen molar-refractivity contribution in [2.45, 2.75) is 6.92 Å². The Kier molecular flexibility index (Phi) is 9.99. The van der Waals surface area contributed by atoms with Gasteiger partial charge in [0.2, 0.25) is 0 Å². The minimum absolute atomic E-state index is 1.09. The topological polar surface area (TPSA) is 6.48 Å². The summed E-state index contributed by atoms with van der Waals surface area (Å²) in [6.45, 7) is 2.13. The highest BCUT2D eigenvalue weighted by molar-refractivity contribution is 5.89. The van der Waals surface area contributed by atoms with Crippen molar-refractivity contribution < 1.29 is 0 Å². The van der Waals surface area contributed by atoms with Gasteiger partial charge in [-0.05, 0) is 113 Å². The van der Waals surface area contributed by atoms with E-state index in [1.54, 1.807) is 0 Å². The maximum atomic E-state index is 2.37. The van der Waals surface area contributed by atoms with Gasteiger partial charge in [-0.15, -0.1) is 0 Å². The van der Waals surface area contributed by atoms with E-state index >= 15 is 0 Å². The third-order valence-corrected chi connectivity index (χ3v) is 10.6. The predicted molar refractivity (Wildman–Crippen MR) is 242 cm³/mol. The molecule has 0 saturated heterocycles. The van der Waals surface area contributed by atoms with Gasteiger partial charge in [-0.2, -0.15) is 0 Å². The minimum atomic E-state index is 1.09. The molecule has 2 heteroatoms. The van der Waals surface area contributed by atoms with Crippen molar-refractivity contribution in [1.82, 2.24) is 0 Å². The normalized spacial score (nSPS) is 10.9. The fourth-order valence-electron chi connectivity index (χ4n) is 7.57. The molecule has 0 aliphatic heterocycles. The summed E-state index contributed by atoms with van der Waals surface area (Å²) in [5.41, 5.74) is 17.4. The quantitative estimate of drug-likeness (QED) is 0.138. The average Bonchev–Trinajstić information content (AvgIpc) is 3.29. The minimum Gasteiger partial charge on any atom is -0.311 e. The molecular weight excluding hydrogens is 689 g/mol. The van der Waals surface area contributed by atoms with Gasteiger partial charge in [-0.1, -0.05) is 175 Å². The first-order valence-electron chi connectivity index (χ1n) is 19.5. The zero-order valence-electron chi connectivity index (χ0n) is 31.9. The van der Waals surface area contributed by atoms with E-state index in [2.05, 4.69) is 253 Å². The van der Waals surface area contributed by atoms with E-state index in [-0.39, 0.29) is 0 Å². The summed E-state index contributed by atoms with van der Waals surface area (Å²) in [6.07, 6.45) is 0. The van der Waals surface area contributed by atoms with Crippen LogP contribution in [0.3, 0.4) is 0 Å². The fraction of sp³-hybridized carbons (Fsp3) is 0.0182. The lowest BCUT2D eigenvalue weighted by molar-refractivity contribution is 1.27. The van der Waals surface area contributed by atoms with Crippen LogP contribution in [0.15, 0.2) is 237 Å². The molecule has 0 unspecified atom stereocenters. The molecule has 9 rings (SSSR count). The zero-order chi connectivity index (χ0) is 38.4. The molecule has 0 spiro atoms. The van der Waals surface area contributed by atoms with Crippen molar-refractivity contribution in [2.24, 2.45) is 0 Å². The van der Waals surface area contributed by atoms with E-state index in [1.807, 2.05) is 0 Å². The van der Waals surface area contributed by atoms with Crippen LogP contribution in [0.5, 0.6) is 0 Å². The number of nitrogens with zero attached hydrogens (tertiary/aromatic N) is 2. The lowest BCUT2D eigenvalue weighted by Gasteiger charge is -2.28. The molecule has 0 N–H and O–H groups in total. The second-order valence-electron chi connectivity index (χ2n) is 14.3. The summed E-state index contributed by atoms with van der Waals surface area (Å²) < 4.78 is 0. The third kappa shape index (κ3) is 7.62. The highest BCUT2D eigenvalue weighted by Gasteiger charge is 2.18. The first-order valence-corrected chi connectivity index (χ1v) is 19.5. The van der Waals surface area contributed by atoms with Gasteiger partial charge in [0.15, 0.2) is 0 Å². The number of hydrogen-bond acceptors (Lipinski definition) is 2. The summed E-state index contributed by atoms with van der Waals surface area (Å²) in [4.78, 5) is 4.69. The van der Waals surface area contributed by atoms with E-state index in [4.69, 9.17) is 0 Å². The van der Waals surface area contributed by atoms with Crippen LogP contribution in [0.4, 0.5) is 34.1 Å². The molecule has 0 saturated carbocycles. The number of anilines is 6. The maximum absolute atomic E-state index is 2.37. The maximum Gasteiger partial charge on any atom is 0.0540 e. The monoisotopic (exact) mass is 730 g/mol. The van der Waals surface area contributed by atoms with Crippen LogP contribution in [-0.2, 0) is 0 Å². The molecule has 0 atom stereocenters. The van der Waals surface area contributed by atoms with E-state index in [0.717, 1.165) is 45.3 Å². The van der Waals surface area contributed by atoms with Crippen LogP contribution >= 0.6 is 0 Å². The Labute approximate surface area is 336 Å². The zero-order valence-corrected chi connectivity index (χ0v) is 31.9. The smallest absolute Gasteiger partial charge is 0.0540 e. The molecule has 9 aromatic carbocycles. The van der Waals surface area contributed by atoms with Crippen LogP contribution in [0, 0.1) is 6.92 Å². The summed E-state index contributed by atoms with van der Waals surface area (Å²) in [7, 11) is 0. The van der Waals surface area contributed by atoms with E-state index < -0.39 is 0 Å². The van der Waals surface area contributed by atoms with Crippen LogP contribution < -0.4 is 9.80 Å². The van der Waals surface area contributed by atoms with Gasteiger partial charge in [0.1, 0.15) is 0 Å². The van der Waals surface area contributed by atoms with Crippen molar-refractivity contribution in [1.29, 1.82) is 0 Å². The summed E-state index contributed by atoms with van der Waals surface area (Å²) in [5.74, 6) is 0. The largest absolute Gasteiger partial charge is 0.311 e. The van der Waals surface area contributed by atoms with Crippen LogP contribution in [-0.4, -0.2) is 0 Å². The molecule has 0 aliphatic rings. The molecule has 0 amide bonds. The molecule has 57 heavy (non-hydrogen) atoms. The van der Waals surface area contributed by atoms with E-state index in [0.29, 0.717) is 0 Å². The molecule has 0 fully saturated rings. The third-order valence-electron chi connectivity index (χ3n) is 10.6. The Morgan fingerprint density at radius 3 is 0.895 bits per heavy atom. The first-order chi connectivity index (χ1) is 28.2. The molecule has 0 aliphatic carbocycles. The molecule has 2 nitrogen and oxygen atoms in total. The number of para-hydroxylation sites is 1. The van der Waals surface area contributed by atoms with Crippen molar-refractivity contribution >= 4 is 34.1 Å². The van der Waals surface area contributed by atoms with Gasteiger partial charge >= 0.3 is 0 Å². The highest BCUT2D eigenvalue weighted by Crippen LogP contribution is 2.42. The average molecular weight is 731 g/mol. The second kappa shape index (κ2) is 16.1. The number of rotatable bonds is 10. The lowest BCUT2D eigenvalue weighted by Crippen LogP contribution is -2.11. The predicted octanol–water partition coefficient (Wildman–Crippen LogP) is 15.6. The van der Waals surface area contributed by atoms with Gasteiger partial charge in [0, 0.05) is 34.0 Å². The molecule has 0 bridgehead atoms. The molecule has 0 radical (unpaired) electrons. The molecule has 0 aromatic heterocycles. The SMILES string of the molecule is Cc1ccc(N(c2ccc(-c3ccccc3)cc2)c2ccc(-c3ccc(N(c4ccc(-c5ccccc5)cc4)c4ccccc4-c4ccccc4)cc3)cc2)cc1. The Morgan fingerprint density at radius 2 is 0.509 bits per heavy atom.